The van der Waals surface area contributed by atoms with Gasteiger partial charge in [0, 0.05) is 30.4 Å². The van der Waals surface area contributed by atoms with Gasteiger partial charge in [-0.15, -0.1) is 11.8 Å². The summed E-state index contributed by atoms with van der Waals surface area (Å²) in [7, 11) is 1.59. The number of amides is 2. The first-order chi connectivity index (χ1) is 14.1. The van der Waals surface area contributed by atoms with Crippen molar-refractivity contribution in [2.45, 2.75) is 36.8 Å². The zero-order valence-electron chi connectivity index (χ0n) is 17.0. The Balaban J connectivity index is 1.44. The van der Waals surface area contributed by atoms with Crippen molar-refractivity contribution in [3.63, 3.8) is 0 Å². The molecule has 1 atom stereocenters. The van der Waals surface area contributed by atoms with Gasteiger partial charge in [0.2, 0.25) is 5.91 Å². The summed E-state index contributed by atoms with van der Waals surface area (Å²) in [6.07, 6.45) is 1.55. The number of benzene rings is 2. The number of carbonyl (C=O) groups is 2. The minimum absolute atomic E-state index is 0.0712. The fourth-order valence-corrected chi connectivity index (χ4v) is 4.33. The monoisotopic (exact) mass is 412 g/mol. The van der Waals surface area contributed by atoms with Crippen LogP contribution in [0, 0.1) is 0 Å². The van der Waals surface area contributed by atoms with Gasteiger partial charge in [-0.05, 0) is 43.5 Å². The van der Waals surface area contributed by atoms with Gasteiger partial charge in [-0.2, -0.15) is 0 Å². The van der Waals surface area contributed by atoms with Gasteiger partial charge in [-0.3, -0.25) is 9.59 Å². The van der Waals surface area contributed by atoms with Crippen molar-refractivity contribution in [3.8, 4) is 5.75 Å². The maximum absolute atomic E-state index is 12.7. The van der Waals surface area contributed by atoms with Crippen LogP contribution in [0.2, 0.25) is 0 Å². The van der Waals surface area contributed by atoms with Crippen molar-refractivity contribution < 1.29 is 14.3 Å². The molecule has 0 aromatic heterocycles. The number of likely N-dealkylation sites (tertiary alicyclic amines) is 1. The molecule has 1 unspecified atom stereocenters. The molecule has 5 nitrogen and oxygen atoms in total. The molecular formula is C23H28N2O3S. The Morgan fingerprint density at radius 2 is 1.86 bits per heavy atom. The highest BCUT2D eigenvalue weighted by atomic mass is 32.2. The number of nitrogens with zero attached hydrogens (tertiary/aromatic N) is 1. The molecule has 1 saturated heterocycles. The Hall–Kier alpha value is -2.47. The number of thioether (sulfide) groups is 1. The molecule has 0 radical (unpaired) electrons. The molecule has 1 N–H and O–H groups in total. The molecule has 2 aromatic rings. The lowest BCUT2D eigenvalue weighted by atomic mass is 10.0. The number of carbonyl (C=O) groups excluding carboxylic acids is 2. The van der Waals surface area contributed by atoms with Crippen LogP contribution in [0.15, 0.2) is 54.6 Å². The van der Waals surface area contributed by atoms with E-state index in [1.165, 1.54) is 5.56 Å². The number of ether oxygens (including phenoxy) is 1. The minimum atomic E-state index is -0.0968. The highest BCUT2D eigenvalue weighted by Crippen LogP contribution is 2.21. The van der Waals surface area contributed by atoms with Gasteiger partial charge < -0.3 is 15.0 Å². The molecule has 3 rings (SSSR count). The summed E-state index contributed by atoms with van der Waals surface area (Å²) in [5.41, 5.74) is 1.82. The van der Waals surface area contributed by atoms with E-state index < -0.39 is 0 Å². The normalized spacial score (nSPS) is 15.6. The SMILES string of the molecule is COc1cccc(C(=O)NC2CCN(C(=O)C(C)SCc3ccccc3)CC2)c1. The van der Waals surface area contributed by atoms with E-state index in [0.717, 1.165) is 18.6 Å². The molecule has 0 spiro atoms. The lowest BCUT2D eigenvalue weighted by molar-refractivity contribution is -0.131. The molecule has 1 aliphatic rings. The number of hydrogen-bond acceptors (Lipinski definition) is 4. The zero-order chi connectivity index (χ0) is 20.6. The summed E-state index contributed by atoms with van der Waals surface area (Å²) in [5.74, 6) is 1.59. The van der Waals surface area contributed by atoms with Crippen LogP contribution in [0.1, 0.15) is 35.7 Å². The van der Waals surface area contributed by atoms with E-state index in [1.54, 1.807) is 31.0 Å². The third-order valence-electron chi connectivity index (χ3n) is 5.16. The number of piperidine rings is 1. The maximum Gasteiger partial charge on any atom is 0.251 e. The molecule has 29 heavy (non-hydrogen) atoms. The minimum Gasteiger partial charge on any atom is -0.497 e. The molecule has 1 aliphatic heterocycles. The van der Waals surface area contributed by atoms with Crippen LogP contribution in [0.3, 0.4) is 0 Å². The fourth-order valence-electron chi connectivity index (χ4n) is 3.40. The topological polar surface area (TPSA) is 58.6 Å². The highest BCUT2D eigenvalue weighted by Gasteiger charge is 2.27. The number of methoxy groups -OCH3 is 1. The lowest BCUT2D eigenvalue weighted by Gasteiger charge is -2.33. The molecule has 154 valence electrons. The fraction of sp³-hybridized carbons (Fsp3) is 0.391. The van der Waals surface area contributed by atoms with Gasteiger partial charge in [-0.25, -0.2) is 0 Å². The summed E-state index contributed by atoms with van der Waals surface area (Å²) in [6.45, 7) is 3.34. The molecule has 2 aromatic carbocycles. The predicted octanol–water partition coefficient (Wildman–Crippen LogP) is 3.74. The van der Waals surface area contributed by atoms with E-state index in [-0.39, 0.29) is 23.1 Å². The van der Waals surface area contributed by atoms with Crippen LogP contribution in [-0.2, 0) is 10.5 Å². The summed E-state index contributed by atoms with van der Waals surface area (Å²) >= 11 is 1.67. The van der Waals surface area contributed by atoms with Gasteiger partial charge in [-0.1, -0.05) is 36.4 Å². The number of nitrogens with one attached hydrogen (secondary N) is 1. The highest BCUT2D eigenvalue weighted by molar-refractivity contribution is 7.99. The van der Waals surface area contributed by atoms with Gasteiger partial charge in [0.05, 0.1) is 12.4 Å². The second-order valence-corrected chi connectivity index (χ2v) is 8.57. The number of rotatable bonds is 7. The molecule has 1 fully saturated rings. The second-order valence-electron chi connectivity index (χ2n) is 7.24. The molecular weight excluding hydrogens is 384 g/mol. The van der Waals surface area contributed by atoms with Crippen LogP contribution < -0.4 is 10.1 Å². The van der Waals surface area contributed by atoms with Crippen LogP contribution in [0.4, 0.5) is 0 Å². The third kappa shape index (κ3) is 6.00. The zero-order valence-corrected chi connectivity index (χ0v) is 17.8. The maximum atomic E-state index is 12.7. The van der Waals surface area contributed by atoms with Crippen molar-refractivity contribution in [2.24, 2.45) is 0 Å². The van der Waals surface area contributed by atoms with Gasteiger partial charge in [0.15, 0.2) is 0 Å². The van der Waals surface area contributed by atoms with Crippen molar-refractivity contribution in [2.75, 3.05) is 20.2 Å². The Labute approximate surface area is 176 Å². The van der Waals surface area contributed by atoms with Gasteiger partial charge in [0.25, 0.3) is 5.91 Å². The Morgan fingerprint density at radius 1 is 1.14 bits per heavy atom. The summed E-state index contributed by atoms with van der Waals surface area (Å²) in [6, 6.07) is 17.4. The standard InChI is InChI=1S/C23H28N2O3S/c1-17(29-16-18-7-4-3-5-8-18)23(27)25-13-11-20(12-14-25)24-22(26)19-9-6-10-21(15-19)28-2/h3-10,15,17,20H,11-14,16H2,1-2H3,(H,24,26). The van der Waals surface area contributed by atoms with Crippen molar-refractivity contribution >= 4 is 23.6 Å². The first-order valence-electron chi connectivity index (χ1n) is 9.96. The van der Waals surface area contributed by atoms with Crippen LogP contribution >= 0.6 is 11.8 Å². The van der Waals surface area contributed by atoms with Crippen LogP contribution in [-0.4, -0.2) is 48.2 Å². The van der Waals surface area contributed by atoms with Crippen LogP contribution in [0.5, 0.6) is 5.75 Å². The predicted molar refractivity (Wildman–Crippen MR) is 117 cm³/mol. The van der Waals surface area contributed by atoms with Crippen LogP contribution in [0.25, 0.3) is 0 Å². The summed E-state index contributed by atoms with van der Waals surface area (Å²) < 4.78 is 5.18. The van der Waals surface area contributed by atoms with E-state index in [0.29, 0.717) is 24.4 Å². The lowest BCUT2D eigenvalue weighted by Crippen LogP contribution is -2.48. The van der Waals surface area contributed by atoms with Crippen molar-refractivity contribution in [1.29, 1.82) is 0 Å². The largest absolute Gasteiger partial charge is 0.497 e. The Kier molecular flexibility index (Phi) is 7.58. The van der Waals surface area contributed by atoms with Crippen molar-refractivity contribution in [3.05, 3.63) is 65.7 Å². The summed E-state index contributed by atoms with van der Waals surface area (Å²) in [5, 5.41) is 3.01. The summed E-state index contributed by atoms with van der Waals surface area (Å²) in [4.78, 5) is 27.1. The molecule has 6 heteroatoms. The van der Waals surface area contributed by atoms with Gasteiger partial charge in [0.1, 0.15) is 5.75 Å². The smallest absolute Gasteiger partial charge is 0.251 e. The molecule has 0 bridgehead atoms. The van der Waals surface area contributed by atoms with E-state index in [2.05, 4.69) is 17.4 Å². The third-order valence-corrected chi connectivity index (χ3v) is 6.37. The molecule has 0 saturated carbocycles. The van der Waals surface area contributed by atoms with E-state index >= 15 is 0 Å². The quantitative estimate of drug-likeness (QED) is 0.753. The average molecular weight is 413 g/mol. The van der Waals surface area contributed by atoms with E-state index in [1.807, 2.05) is 42.2 Å². The first-order valence-corrected chi connectivity index (χ1v) is 11.0. The van der Waals surface area contributed by atoms with Gasteiger partial charge >= 0.3 is 0 Å². The Bertz CT molecular complexity index is 820. The number of hydrogen-bond donors (Lipinski definition) is 1. The average Bonchev–Trinajstić information content (AvgIpc) is 2.78. The molecule has 0 aliphatic carbocycles. The van der Waals surface area contributed by atoms with E-state index in [9.17, 15) is 9.59 Å². The second kappa shape index (κ2) is 10.3. The van der Waals surface area contributed by atoms with E-state index in [4.69, 9.17) is 4.74 Å². The molecule has 1 heterocycles. The molecule has 2 amide bonds. The first kappa shape index (κ1) is 21.2. The van der Waals surface area contributed by atoms with Crippen molar-refractivity contribution in [1.82, 2.24) is 10.2 Å². The Morgan fingerprint density at radius 3 is 2.55 bits per heavy atom.